The molecule has 0 aromatic heterocycles. The van der Waals surface area contributed by atoms with Crippen molar-refractivity contribution in [1.82, 2.24) is 5.32 Å². The molecule has 0 atom stereocenters. The third-order valence-electron chi connectivity index (χ3n) is 0.798. The van der Waals surface area contributed by atoms with E-state index >= 15 is 0 Å². The number of thioether (sulfide) groups is 1. The van der Waals surface area contributed by atoms with Gasteiger partial charge in [-0.1, -0.05) is 6.92 Å². The van der Waals surface area contributed by atoms with E-state index in [1.54, 1.807) is 18.7 Å². The molecule has 10 heavy (non-hydrogen) atoms. The molecule has 1 N–H and O–H groups in total. The Kier molecular flexibility index (Phi) is 6.48. The number of amides is 1. The quantitative estimate of drug-likeness (QED) is 0.503. The highest BCUT2D eigenvalue weighted by molar-refractivity contribution is 7.99. The van der Waals surface area contributed by atoms with Gasteiger partial charge < -0.3 is 10.1 Å². The summed E-state index contributed by atoms with van der Waals surface area (Å²) in [7, 11) is 0. The summed E-state index contributed by atoms with van der Waals surface area (Å²) >= 11 is 1.65. The van der Waals surface area contributed by atoms with Crippen LogP contribution in [0.5, 0.6) is 0 Å². The van der Waals surface area contributed by atoms with Crippen molar-refractivity contribution in [2.75, 3.05) is 18.2 Å². The molecule has 0 saturated heterocycles. The molecule has 0 aliphatic carbocycles. The molecule has 0 bridgehead atoms. The van der Waals surface area contributed by atoms with Gasteiger partial charge in [0.05, 0.1) is 12.5 Å². The van der Waals surface area contributed by atoms with Crippen LogP contribution in [0.15, 0.2) is 0 Å². The minimum Gasteiger partial charge on any atom is -0.450 e. The number of alkyl carbamates (subject to hydrolysis) is 1. The summed E-state index contributed by atoms with van der Waals surface area (Å²) < 4.78 is 4.63. The van der Waals surface area contributed by atoms with Gasteiger partial charge in [0, 0.05) is 0 Å². The zero-order valence-electron chi connectivity index (χ0n) is 6.35. The molecular weight excluding hydrogens is 150 g/mol. The van der Waals surface area contributed by atoms with Gasteiger partial charge in [-0.2, -0.15) is 0 Å². The third-order valence-corrected chi connectivity index (χ3v) is 1.55. The lowest BCUT2D eigenvalue weighted by Gasteiger charge is -2.02. The number of hydrogen-bond acceptors (Lipinski definition) is 3. The Morgan fingerprint density at radius 1 is 1.60 bits per heavy atom. The average Bonchev–Trinajstić information content (AvgIpc) is 1.89. The van der Waals surface area contributed by atoms with Gasteiger partial charge in [-0.15, -0.1) is 11.8 Å². The molecule has 3 nitrogen and oxygen atoms in total. The zero-order chi connectivity index (χ0) is 7.82. The molecule has 0 rings (SSSR count). The predicted octanol–water partition coefficient (Wildman–Crippen LogP) is 1.44. The van der Waals surface area contributed by atoms with Crippen molar-refractivity contribution in [3.8, 4) is 0 Å². The summed E-state index contributed by atoms with van der Waals surface area (Å²) in [6, 6.07) is 0. The molecule has 0 heterocycles. The Bertz CT molecular complexity index is 97.7. The minimum absolute atomic E-state index is 0.330. The van der Waals surface area contributed by atoms with Gasteiger partial charge in [0.1, 0.15) is 0 Å². The van der Waals surface area contributed by atoms with Gasteiger partial charge in [0.2, 0.25) is 0 Å². The lowest BCUT2D eigenvalue weighted by atomic mass is 10.9. The van der Waals surface area contributed by atoms with Crippen LogP contribution < -0.4 is 5.32 Å². The molecule has 0 saturated carbocycles. The summed E-state index contributed by atoms with van der Waals surface area (Å²) in [5, 5.41) is 2.59. The maximum absolute atomic E-state index is 10.6. The van der Waals surface area contributed by atoms with Gasteiger partial charge in [0.15, 0.2) is 0 Å². The van der Waals surface area contributed by atoms with E-state index in [2.05, 4.69) is 10.1 Å². The van der Waals surface area contributed by atoms with Crippen molar-refractivity contribution in [3.05, 3.63) is 0 Å². The Morgan fingerprint density at radius 2 is 2.30 bits per heavy atom. The van der Waals surface area contributed by atoms with E-state index in [4.69, 9.17) is 0 Å². The van der Waals surface area contributed by atoms with E-state index in [0.717, 1.165) is 5.75 Å². The Morgan fingerprint density at radius 3 is 2.80 bits per heavy atom. The maximum atomic E-state index is 10.6. The minimum atomic E-state index is -0.330. The second-order valence-electron chi connectivity index (χ2n) is 1.53. The van der Waals surface area contributed by atoms with Crippen LogP contribution in [0.1, 0.15) is 13.8 Å². The standard InChI is InChI=1S/C6H13NO2S/c1-3-9-6(8)7-5-10-4-2/h3-5H2,1-2H3,(H,7,8). The van der Waals surface area contributed by atoms with Crippen molar-refractivity contribution in [2.24, 2.45) is 0 Å². The Hall–Kier alpha value is -0.380. The van der Waals surface area contributed by atoms with Crippen LogP contribution >= 0.6 is 11.8 Å². The van der Waals surface area contributed by atoms with E-state index < -0.39 is 0 Å². The summed E-state index contributed by atoms with van der Waals surface area (Å²) in [6.07, 6.45) is -0.330. The second-order valence-corrected chi connectivity index (χ2v) is 2.81. The van der Waals surface area contributed by atoms with E-state index in [9.17, 15) is 4.79 Å². The number of rotatable bonds is 4. The second kappa shape index (κ2) is 6.74. The van der Waals surface area contributed by atoms with Crippen LogP contribution in [-0.4, -0.2) is 24.3 Å². The monoisotopic (exact) mass is 163 g/mol. The topological polar surface area (TPSA) is 38.3 Å². The largest absolute Gasteiger partial charge is 0.450 e. The Labute approximate surface area is 65.5 Å². The maximum Gasteiger partial charge on any atom is 0.407 e. The van der Waals surface area contributed by atoms with E-state index in [-0.39, 0.29) is 6.09 Å². The fraction of sp³-hybridized carbons (Fsp3) is 0.833. The van der Waals surface area contributed by atoms with Crippen molar-refractivity contribution in [2.45, 2.75) is 13.8 Å². The molecule has 1 amide bonds. The molecule has 0 spiro atoms. The van der Waals surface area contributed by atoms with Gasteiger partial charge in [0.25, 0.3) is 0 Å². The molecule has 0 aromatic rings. The molecule has 60 valence electrons. The van der Waals surface area contributed by atoms with Crippen molar-refractivity contribution in [3.63, 3.8) is 0 Å². The highest BCUT2D eigenvalue weighted by atomic mass is 32.2. The van der Waals surface area contributed by atoms with Crippen LogP contribution in [0, 0.1) is 0 Å². The van der Waals surface area contributed by atoms with Crippen LogP contribution in [0.25, 0.3) is 0 Å². The molecule has 0 aliphatic heterocycles. The number of carbonyl (C=O) groups is 1. The highest BCUT2D eigenvalue weighted by Gasteiger charge is 1.95. The first-order valence-corrected chi connectivity index (χ1v) is 4.45. The van der Waals surface area contributed by atoms with E-state index in [0.29, 0.717) is 12.5 Å². The van der Waals surface area contributed by atoms with Crippen LogP contribution in [0.2, 0.25) is 0 Å². The number of nitrogens with one attached hydrogen (secondary N) is 1. The van der Waals surface area contributed by atoms with Gasteiger partial charge >= 0.3 is 6.09 Å². The molecule has 0 unspecified atom stereocenters. The first kappa shape index (κ1) is 9.62. The lowest BCUT2D eigenvalue weighted by molar-refractivity contribution is 0.154. The predicted molar refractivity (Wildman–Crippen MR) is 43.2 cm³/mol. The lowest BCUT2D eigenvalue weighted by Crippen LogP contribution is -2.23. The summed E-state index contributed by atoms with van der Waals surface area (Å²) in [5.41, 5.74) is 0. The summed E-state index contributed by atoms with van der Waals surface area (Å²) in [5.74, 6) is 1.64. The first-order chi connectivity index (χ1) is 4.81. The number of carbonyl (C=O) groups excluding carboxylic acids is 1. The van der Waals surface area contributed by atoms with Crippen molar-refractivity contribution >= 4 is 17.9 Å². The normalized spacial score (nSPS) is 9.00. The molecule has 0 fully saturated rings. The van der Waals surface area contributed by atoms with E-state index in [1.807, 2.05) is 6.92 Å². The van der Waals surface area contributed by atoms with Gasteiger partial charge in [-0.05, 0) is 12.7 Å². The number of hydrogen-bond donors (Lipinski definition) is 1. The van der Waals surface area contributed by atoms with Crippen molar-refractivity contribution in [1.29, 1.82) is 0 Å². The fourth-order valence-electron chi connectivity index (χ4n) is 0.394. The van der Waals surface area contributed by atoms with E-state index in [1.165, 1.54) is 0 Å². The molecule has 0 aromatic carbocycles. The summed E-state index contributed by atoms with van der Waals surface area (Å²) in [6.45, 7) is 4.26. The zero-order valence-corrected chi connectivity index (χ0v) is 7.16. The highest BCUT2D eigenvalue weighted by Crippen LogP contribution is 1.93. The first-order valence-electron chi connectivity index (χ1n) is 3.29. The fourth-order valence-corrected chi connectivity index (χ4v) is 0.818. The molecule has 0 aliphatic rings. The van der Waals surface area contributed by atoms with Crippen molar-refractivity contribution < 1.29 is 9.53 Å². The molecule has 4 heteroatoms. The third kappa shape index (κ3) is 5.75. The average molecular weight is 163 g/mol. The molecule has 0 radical (unpaired) electrons. The van der Waals surface area contributed by atoms with Crippen LogP contribution in [0.3, 0.4) is 0 Å². The number of ether oxygens (including phenoxy) is 1. The summed E-state index contributed by atoms with van der Waals surface area (Å²) in [4.78, 5) is 10.6. The molecular formula is C6H13NO2S. The van der Waals surface area contributed by atoms with Gasteiger partial charge in [-0.25, -0.2) is 4.79 Å². The van der Waals surface area contributed by atoms with Gasteiger partial charge in [-0.3, -0.25) is 0 Å². The smallest absolute Gasteiger partial charge is 0.407 e. The SMILES string of the molecule is CCOC(=O)NCSCC. The van der Waals surface area contributed by atoms with Crippen LogP contribution in [0.4, 0.5) is 4.79 Å². The Balaban J connectivity index is 3.05. The van der Waals surface area contributed by atoms with Crippen LogP contribution in [-0.2, 0) is 4.74 Å².